The van der Waals surface area contributed by atoms with E-state index in [-0.39, 0.29) is 30.1 Å². The molecule has 3 aromatic carbocycles. The van der Waals surface area contributed by atoms with Crippen molar-refractivity contribution in [2.45, 2.75) is 37.8 Å². The lowest BCUT2D eigenvalue weighted by molar-refractivity contribution is -0.132. The van der Waals surface area contributed by atoms with E-state index in [0.717, 1.165) is 24.0 Å². The van der Waals surface area contributed by atoms with Gasteiger partial charge in [-0.3, -0.25) is 9.59 Å². The van der Waals surface area contributed by atoms with Gasteiger partial charge in [0, 0.05) is 12.6 Å². The first-order valence-corrected chi connectivity index (χ1v) is 11.5. The van der Waals surface area contributed by atoms with Gasteiger partial charge in [0.25, 0.3) is 5.91 Å². The number of nitrogens with zero attached hydrogens (tertiary/aromatic N) is 1. The van der Waals surface area contributed by atoms with Gasteiger partial charge in [0.2, 0.25) is 5.91 Å². The molecule has 1 aliphatic rings. The monoisotopic (exact) mass is 464 g/mol. The average molecular weight is 465 g/mol. The predicted octanol–water partition coefficient (Wildman–Crippen LogP) is 5.57. The van der Waals surface area contributed by atoms with Crippen molar-refractivity contribution in [3.05, 3.63) is 106 Å². The Morgan fingerprint density at radius 2 is 1.79 bits per heavy atom. The maximum absolute atomic E-state index is 13.6. The van der Waals surface area contributed by atoms with Crippen molar-refractivity contribution in [2.75, 3.05) is 6.54 Å². The fourth-order valence-electron chi connectivity index (χ4n) is 4.42. The normalized spacial score (nSPS) is 16.4. The van der Waals surface area contributed by atoms with Gasteiger partial charge in [-0.1, -0.05) is 66.2 Å². The Morgan fingerprint density at radius 1 is 1.03 bits per heavy atom. The summed E-state index contributed by atoms with van der Waals surface area (Å²) in [6.07, 6.45) is 2.54. The summed E-state index contributed by atoms with van der Waals surface area (Å²) in [7, 11) is 0. The third-order valence-corrected chi connectivity index (χ3v) is 6.39. The molecule has 6 heteroatoms. The van der Waals surface area contributed by atoms with Crippen LogP contribution in [-0.4, -0.2) is 29.3 Å². The molecule has 1 saturated heterocycles. The molecule has 0 aromatic heterocycles. The first-order chi connectivity index (χ1) is 16.0. The maximum atomic E-state index is 13.6. The van der Waals surface area contributed by atoms with Gasteiger partial charge < -0.3 is 10.2 Å². The molecule has 2 atom stereocenters. The highest BCUT2D eigenvalue weighted by Crippen LogP contribution is 2.26. The summed E-state index contributed by atoms with van der Waals surface area (Å²) in [5.74, 6) is -0.614. The molecule has 3 aromatic rings. The fourth-order valence-corrected chi connectivity index (χ4v) is 4.64. The summed E-state index contributed by atoms with van der Waals surface area (Å²) < 4.78 is 13.6. The van der Waals surface area contributed by atoms with Crippen LogP contribution in [0, 0.1) is 5.82 Å². The molecule has 2 amide bonds. The number of carbonyl (C=O) groups is 2. The quantitative estimate of drug-likeness (QED) is 0.496. The molecule has 1 heterocycles. The maximum Gasteiger partial charge on any atom is 0.253 e. The number of hydrogen-bond donors (Lipinski definition) is 1. The number of likely N-dealkylation sites (tertiary alicyclic amines) is 1. The highest BCUT2D eigenvalue weighted by atomic mass is 35.5. The second-order valence-electron chi connectivity index (χ2n) is 8.34. The number of amides is 2. The lowest BCUT2D eigenvalue weighted by Crippen LogP contribution is -2.40. The molecule has 1 N–H and O–H groups in total. The third kappa shape index (κ3) is 5.79. The molecule has 0 radical (unpaired) electrons. The van der Waals surface area contributed by atoms with E-state index in [0.29, 0.717) is 23.6 Å². The molecule has 0 saturated carbocycles. The van der Waals surface area contributed by atoms with Gasteiger partial charge in [-0.15, -0.1) is 0 Å². The van der Waals surface area contributed by atoms with E-state index in [1.165, 1.54) is 12.1 Å². The van der Waals surface area contributed by atoms with Gasteiger partial charge >= 0.3 is 0 Å². The van der Waals surface area contributed by atoms with E-state index in [9.17, 15) is 14.0 Å². The predicted molar refractivity (Wildman–Crippen MR) is 128 cm³/mol. The van der Waals surface area contributed by atoms with E-state index in [2.05, 4.69) is 5.32 Å². The highest BCUT2D eigenvalue weighted by molar-refractivity contribution is 6.33. The number of benzene rings is 3. The van der Waals surface area contributed by atoms with Crippen molar-refractivity contribution >= 4 is 23.4 Å². The second kappa shape index (κ2) is 10.6. The van der Waals surface area contributed by atoms with Crippen LogP contribution in [0.1, 0.15) is 46.8 Å². The smallest absolute Gasteiger partial charge is 0.253 e. The minimum atomic E-state index is -0.488. The molecule has 33 heavy (non-hydrogen) atoms. The van der Waals surface area contributed by atoms with E-state index in [4.69, 9.17) is 11.6 Å². The van der Waals surface area contributed by atoms with Gasteiger partial charge in [-0.25, -0.2) is 4.39 Å². The minimum Gasteiger partial charge on any atom is -0.345 e. The molecule has 1 fully saturated rings. The molecular formula is C27H26ClFN2O2. The van der Waals surface area contributed by atoms with Crippen molar-refractivity contribution in [1.82, 2.24) is 10.2 Å². The molecular weight excluding hydrogens is 439 g/mol. The van der Waals surface area contributed by atoms with Crippen LogP contribution in [-0.2, 0) is 11.2 Å². The first kappa shape index (κ1) is 23.0. The Bertz CT molecular complexity index is 1120. The van der Waals surface area contributed by atoms with Crippen molar-refractivity contribution < 1.29 is 14.0 Å². The summed E-state index contributed by atoms with van der Waals surface area (Å²) in [5.41, 5.74) is 2.11. The number of hydrogen-bond acceptors (Lipinski definition) is 2. The molecule has 170 valence electrons. The van der Waals surface area contributed by atoms with Crippen LogP contribution >= 0.6 is 11.6 Å². The summed E-state index contributed by atoms with van der Waals surface area (Å²) in [5, 5.41) is 3.36. The Hall–Kier alpha value is -3.18. The van der Waals surface area contributed by atoms with Crippen molar-refractivity contribution in [2.24, 2.45) is 0 Å². The zero-order chi connectivity index (χ0) is 23.2. The fraction of sp³-hybridized carbons (Fsp3) is 0.259. The molecule has 1 aliphatic heterocycles. The zero-order valence-electron chi connectivity index (χ0n) is 18.2. The Morgan fingerprint density at radius 3 is 2.55 bits per heavy atom. The molecule has 0 spiro atoms. The van der Waals surface area contributed by atoms with Crippen LogP contribution < -0.4 is 5.32 Å². The van der Waals surface area contributed by atoms with Crippen LogP contribution in [0.4, 0.5) is 4.39 Å². The van der Waals surface area contributed by atoms with Crippen molar-refractivity contribution in [3.8, 4) is 0 Å². The average Bonchev–Trinajstić information content (AvgIpc) is 3.27. The van der Waals surface area contributed by atoms with Gasteiger partial charge in [0.05, 0.1) is 23.0 Å². The van der Waals surface area contributed by atoms with Crippen LogP contribution in [0.15, 0.2) is 78.9 Å². The van der Waals surface area contributed by atoms with Crippen molar-refractivity contribution in [3.63, 3.8) is 0 Å². The zero-order valence-corrected chi connectivity index (χ0v) is 19.0. The summed E-state index contributed by atoms with van der Waals surface area (Å²) in [6.45, 7) is 0.665. The van der Waals surface area contributed by atoms with Crippen LogP contribution in [0.5, 0.6) is 0 Å². The molecule has 4 nitrogen and oxygen atoms in total. The number of nitrogens with one attached hydrogen (secondary N) is 1. The van der Waals surface area contributed by atoms with E-state index in [1.807, 2.05) is 41.3 Å². The van der Waals surface area contributed by atoms with E-state index < -0.39 is 6.04 Å². The molecule has 2 unspecified atom stereocenters. The summed E-state index contributed by atoms with van der Waals surface area (Å²) in [4.78, 5) is 28.2. The standard InChI is InChI=1S/C27H26ClFN2O2/c28-24-14-5-4-13-23(24)27(33)30-25(20-9-2-1-3-10-20)18-26(32)31-15-7-12-22(31)17-19-8-6-11-21(29)16-19/h1-6,8-11,13-14,16,22,25H,7,12,15,17-18H2,(H,30,33). The largest absolute Gasteiger partial charge is 0.345 e. The van der Waals surface area contributed by atoms with Crippen molar-refractivity contribution in [1.29, 1.82) is 0 Å². The summed E-state index contributed by atoms with van der Waals surface area (Å²) in [6, 6.07) is 22.4. The summed E-state index contributed by atoms with van der Waals surface area (Å²) >= 11 is 6.20. The van der Waals surface area contributed by atoms with Gasteiger partial charge in [0.15, 0.2) is 0 Å². The topological polar surface area (TPSA) is 49.4 Å². The molecule has 4 rings (SSSR count). The lowest BCUT2D eigenvalue weighted by atomic mass is 10.0. The molecule has 0 bridgehead atoms. The van der Waals surface area contributed by atoms with E-state index >= 15 is 0 Å². The number of halogens is 2. The second-order valence-corrected chi connectivity index (χ2v) is 8.75. The number of rotatable bonds is 7. The minimum absolute atomic E-state index is 0.0231. The van der Waals surface area contributed by atoms with E-state index in [1.54, 1.807) is 30.3 Å². The highest BCUT2D eigenvalue weighted by Gasteiger charge is 2.31. The van der Waals surface area contributed by atoms with Crippen LogP contribution in [0.3, 0.4) is 0 Å². The van der Waals surface area contributed by atoms with Crippen LogP contribution in [0.2, 0.25) is 5.02 Å². The van der Waals surface area contributed by atoms with Gasteiger partial charge in [0.1, 0.15) is 5.82 Å². The van der Waals surface area contributed by atoms with Gasteiger partial charge in [-0.2, -0.15) is 0 Å². The third-order valence-electron chi connectivity index (χ3n) is 6.06. The molecule has 0 aliphatic carbocycles. The van der Waals surface area contributed by atoms with Gasteiger partial charge in [-0.05, 0) is 54.7 Å². The first-order valence-electron chi connectivity index (χ1n) is 11.2. The Kier molecular flexibility index (Phi) is 7.40. The SMILES string of the molecule is O=C(NC(CC(=O)N1CCCC1Cc1cccc(F)c1)c1ccccc1)c1ccccc1Cl. The number of carbonyl (C=O) groups excluding carboxylic acids is 2. The Balaban J connectivity index is 1.50. The Labute approximate surface area is 198 Å². The van der Waals surface area contributed by atoms with Crippen LogP contribution in [0.25, 0.3) is 0 Å². The lowest BCUT2D eigenvalue weighted by Gasteiger charge is -2.28.